The van der Waals surface area contributed by atoms with Crippen LogP contribution in [0.25, 0.3) is 10.9 Å². The molecular weight excluding hydrogens is 494 g/mol. The fourth-order valence-electron chi connectivity index (χ4n) is 4.52. The van der Waals surface area contributed by atoms with Crippen molar-refractivity contribution in [1.82, 2.24) is 15.0 Å². The van der Waals surface area contributed by atoms with Gasteiger partial charge in [0.05, 0.1) is 5.02 Å². The number of nitrogens with zero attached hydrogens (tertiary/aromatic N) is 3. The molecule has 0 fully saturated rings. The molecule has 35 heavy (non-hydrogen) atoms. The van der Waals surface area contributed by atoms with Crippen LogP contribution >= 0.6 is 11.6 Å². The van der Waals surface area contributed by atoms with Gasteiger partial charge in [-0.05, 0) is 49.6 Å². The summed E-state index contributed by atoms with van der Waals surface area (Å²) in [6.07, 6.45) is -4.43. The van der Waals surface area contributed by atoms with Crippen LogP contribution in [0.5, 0.6) is 0 Å². The van der Waals surface area contributed by atoms with E-state index < -0.39 is 35.4 Å². The number of aromatic amines is 1. The summed E-state index contributed by atoms with van der Waals surface area (Å²) in [6.45, 7) is 2.89. The summed E-state index contributed by atoms with van der Waals surface area (Å²) in [4.78, 5) is 12.3. The van der Waals surface area contributed by atoms with Crippen molar-refractivity contribution in [2.24, 2.45) is 0 Å². The minimum atomic E-state index is -4.73. The fourth-order valence-corrected chi connectivity index (χ4v) is 4.69. The first kappa shape index (κ1) is 23.5. The molecule has 4 aromatic rings. The van der Waals surface area contributed by atoms with E-state index in [0.29, 0.717) is 28.6 Å². The standard InChI is InChI=1S/C24H17ClF6N4/c1-10-3-4-13(20(28)19(10)27)22-21-12(14-8-15(25)16(26)9-17(14)33-21)5-6-35(22)23-32-11(2)7-18(34-23)24(29,30)31/h3-4,7-9,22,33H,5-6H2,1-2H3. The van der Waals surface area contributed by atoms with Gasteiger partial charge < -0.3 is 9.88 Å². The molecule has 0 saturated carbocycles. The third kappa shape index (κ3) is 3.89. The number of H-pyrrole nitrogens is 1. The van der Waals surface area contributed by atoms with Crippen LogP contribution in [0.2, 0.25) is 5.02 Å². The second-order valence-electron chi connectivity index (χ2n) is 8.47. The predicted molar refractivity (Wildman–Crippen MR) is 119 cm³/mol. The van der Waals surface area contributed by atoms with Crippen LogP contribution < -0.4 is 4.90 Å². The van der Waals surface area contributed by atoms with Crippen molar-refractivity contribution >= 4 is 28.5 Å². The van der Waals surface area contributed by atoms with Gasteiger partial charge in [-0.25, -0.2) is 23.1 Å². The Morgan fingerprint density at radius 3 is 2.49 bits per heavy atom. The maximum Gasteiger partial charge on any atom is 0.433 e. The van der Waals surface area contributed by atoms with Gasteiger partial charge in [0.1, 0.15) is 17.6 Å². The summed E-state index contributed by atoms with van der Waals surface area (Å²) in [6, 6.07) is 5.09. The molecule has 3 heterocycles. The Labute approximate surface area is 200 Å². The monoisotopic (exact) mass is 510 g/mol. The van der Waals surface area contributed by atoms with E-state index >= 15 is 4.39 Å². The lowest BCUT2D eigenvalue weighted by molar-refractivity contribution is -0.141. The van der Waals surface area contributed by atoms with Crippen LogP contribution in [-0.2, 0) is 12.6 Å². The first-order valence-corrected chi connectivity index (χ1v) is 11.0. The van der Waals surface area contributed by atoms with Crippen molar-refractivity contribution in [1.29, 1.82) is 0 Å². The van der Waals surface area contributed by atoms with Crippen LogP contribution in [0.15, 0.2) is 30.3 Å². The van der Waals surface area contributed by atoms with Crippen molar-refractivity contribution in [3.05, 3.63) is 86.6 Å². The number of aryl methyl sites for hydroxylation is 2. The summed E-state index contributed by atoms with van der Waals surface area (Å²) < 4.78 is 84.4. The third-order valence-electron chi connectivity index (χ3n) is 6.16. The number of aromatic nitrogens is 3. The highest BCUT2D eigenvalue weighted by atomic mass is 35.5. The quantitative estimate of drug-likeness (QED) is 0.301. The van der Waals surface area contributed by atoms with Gasteiger partial charge in [-0.1, -0.05) is 23.7 Å². The second-order valence-corrected chi connectivity index (χ2v) is 8.87. The minimum absolute atomic E-state index is 0.0629. The van der Waals surface area contributed by atoms with Gasteiger partial charge in [0.2, 0.25) is 5.95 Å². The summed E-state index contributed by atoms with van der Waals surface area (Å²) in [5, 5.41) is 0.479. The molecule has 1 atom stereocenters. The minimum Gasteiger partial charge on any atom is -0.356 e. The van der Waals surface area contributed by atoms with E-state index in [2.05, 4.69) is 15.0 Å². The Morgan fingerprint density at radius 2 is 1.77 bits per heavy atom. The van der Waals surface area contributed by atoms with Crippen LogP contribution in [0.3, 0.4) is 0 Å². The molecule has 0 amide bonds. The zero-order valence-electron chi connectivity index (χ0n) is 18.4. The molecule has 0 saturated heterocycles. The molecule has 1 N–H and O–H groups in total. The molecule has 0 spiro atoms. The number of rotatable bonds is 2. The van der Waals surface area contributed by atoms with E-state index in [1.165, 1.54) is 43.0 Å². The molecular formula is C24H17ClF6N4. The molecule has 1 aliphatic heterocycles. The number of anilines is 1. The summed E-state index contributed by atoms with van der Waals surface area (Å²) in [7, 11) is 0. The Balaban J connectivity index is 1.77. The van der Waals surface area contributed by atoms with Gasteiger partial charge in [-0.2, -0.15) is 13.2 Å². The van der Waals surface area contributed by atoms with E-state index in [-0.39, 0.29) is 34.3 Å². The molecule has 0 aliphatic carbocycles. The number of hydrogen-bond acceptors (Lipinski definition) is 3. The van der Waals surface area contributed by atoms with Crippen LogP contribution in [0, 0.1) is 31.3 Å². The van der Waals surface area contributed by atoms with E-state index in [4.69, 9.17) is 11.6 Å². The van der Waals surface area contributed by atoms with Crippen molar-refractivity contribution in [2.45, 2.75) is 32.5 Å². The smallest absolute Gasteiger partial charge is 0.356 e. The molecule has 2 aromatic heterocycles. The van der Waals surface area contributed by atoms with Gasteiger partial charge in [0, 0.05) is 34.4 Å². The van der Waals surface area contributed by atoms with Crippen molar-refractivity contribution in [3.63, 3.8) is 0 Å². The van der Waals surface area contributed by atoms with Gasteiger partial charge in [-0.3, -0.25) is 0 Å². The molecule has 1 unspecified atom stereocenters. The number of nitrogens with one attached hydrogen (secondary N) is 1. The van der Waals surface area contributed by atoms with Crippen LogP contribution in [0.4, 0.5) is 32.3 Å². The Kier molecular flexibility index (Phi) is 5.47. The average molecular weight is 511 g/mol. The lowest BCUT2D eigenvalue weighted by Crippen LogP contribution is -2.38. The second kappa shape index (κ2) is 8.15. The molecule has 0 bridgehead atoms. The van der Waals surface area contributed by atoms with Gasteiger partial charge in [0.15, 0.2) is 11.6 Å². The lowest BCUT2D eigenvalue weighted by atomic mass is 9.91. The summed E-state index contributed by atoms with van der Waals surface area (Å²) >= 11 is 5.97. The summed E-state index contributed by atoms with van der Waals surface area (Å²) in [5.74, 6) is -3.16. The number of hydrogen-bond donors (Lipinski definition) is 1. The fraction of sp³-hybridized carbons (Fsp3) is 0.250. The zero-order chi connectivity index (χ0) is 25.2. The number of benzene rings is 2. The van der Waals surface area contributed by atoms with E-state index in [1.807, 2.05) is 0 Å². The maximum atomic E-state index is 15.2. The van der Waals surface area contributed by atoms with Crippen molar-refractivity contribution < 1.29 is 26.3 Å². The molecule has 0 radical (unpaired) electrons. The first-order chi connectivity index (χ1) is 16.5. The lowest BCUT2D eigenvalue weighted by Gasteiger charge is -2.36. The Morgan fingerprint density at radius 1 is 1.03 bits per heavy atom. The molecule has 4 nitrogen and oxygen atoms in total. The highest BCUT2D eigenvalue weighted by molar-refractivity contribution is 6.31. The molecule has 1 aliphatic rings. The number of fused-ring (bicyclic) bond motifs is 3. The molecule has 2 aromatic carbocycles. The van der Waals surface area contributed by atoms with Crippen LogP contribution in [-0.4, -0.2) is 21.5 Å². The van der Waals surface area contributed by atoms with Crippen molar-refractivity contribution in [3.8, 4) is 0 Å². The highest BCUT2D eigenvalue weighted by Gasteiger charge is 2.38. The van der Waals surface area contributed by atoms with Crippen LogP contribution in [0.1, 0.15) is 39.8 Å². The number of alkyl halides is 3. The van der Waals surface area contributed by atoms with Crippen molar-refractivity contribution in [2.75, 3.05) is 11.4 Å². The Bertz CT molecular complexity index is 1480. The molecule has 5 rings (SSSR count). The summed E-state index contributed by atoms with van der Waals surface area (Å²) in [5.41, 5.74) is 0.286. The van der Waals surface area contributed by atoms with Gasteiger partial charge in [0.25, 0.3) is 0 Å². The topological polar surface area (TPSA) is 44.8 Å². The third-order valence-corrected chi connectivity index (χ3v) is 6.45. The first-order valence-electron chi connectivity index (χ1n) is 10.6. The van der Waals surface area contributed by atoms with Gasteiger partial charge >= 0.3 is 6.18 Å². The Hall–Kier alpha value is -3.27. The van der Waals surface area contributed by atoms with E-state index in [9.17, 15) is 22.0 Å². The SMILES string of the molecule is Cc1cc(C(F)(F)F)nc(N2CCc3c([nH]c4cc(F)c(Cl)cc34)C2c2ccc(C)c(F)c2F)n1. The highest BCUT2D eigenvalue weighted by Crippen LogP contribution is 2.42. The molecule has 182 valence electrons. The van der Waals surface area contributed by atoms with E-state index in [0.717, 1.165) is 6.07 Å². The zero-order valence-corrected chi connectivity index (χ0v) is 19.1. The van der Waals surface area contributed by atoms with E-state index in [1.54, 1.807) is 0 Å². The number of halogens is 7. The maximum absolute atomic E-state index is 15.2. The molecule has 11 heteroatoms. The largest absolute Gasteiger partial charge is 0.433 e. The normalized spacial score (nSPS) is 16.1. The predicted octanol–water partition coefficient (Wildman–Crippen LogP) is 6.82. The average Bonchev–Trinajstić information content (AvgIpc) is 3.14. The van der Waals surface area contributed by atoms with Gasteiger partial charge in [-0.15, -0.1) is 0 Å².